The largest absolute Gasteiger partial charge is 0.460 e. The Morgan fingerprint density at radius 2 is 1.67 bits per heavy atom. The number of rotatable bonds is 9. The van der Waals surface area contributed by atoms with Crippen molar-refractivity contribution in [3.8, 4) is 0 Å². The van der Waals surface area contributed by atoms with Crippen LogP contribution in [0.15, 0.2) is 41.3 Å². The van der Waals surface area contributed by atoms with Gasteiger partial charge in [-0.15, -0.1) is 0 Å². The first kappa shape index (κ1) is 20.3. The summed E-state index contributed by atoms with van der Waals surface area (Å²) in [5, 5.41) is 0. The van der Waals surface area contributed by atoms with Crippen LogP contribution in [0.4, 0.5) is 0 Å². The first-order valence-electron chi connectivity index (χ1n) is 6.81. The zero-order valence-corrected chi connectivity index (χ0v) is 14.9. The Labute approximate surface area is 141 Å². The molecule has 1 aromatic carbocycles. The van der Waals surface area contributed by atoms with E-state index in [0.717, 1.165) is 11.8 Å². The van der Waals surface area contributed by atoms with E-state index in [4.69, 9.17) is 4.74 Å². The average molecular weight is 377 g/mol. The maximum Gasteiger partial charge on any atom is 0.321 e. The number of aryl methyl sites for hydroxylation is 1. The van der Waals surface area contributed by atoms with E-state index < -0.39 is 32.7 Å². The van der Waals surface area contributed by atoms with Crippen molar-refractivity contribution >= 4 is 26.1 Å². The van der Waals surface area contributed by atoms with Gasteiger partial charge in [-0.05, 0) is 25.1 Å². The van der Waals surface area contributed by atoms with Crippen LogP contribution in [0.2, 0.25) is 0 Å². The van der Waals surface area contributed by atoms with Crippen LogP contribution >= 0.6 is 0 Å². The van der Waals surface area contributed by atoms with Crippen molar-refractivity contribution in [2.45, 2.75) is 11.8 Å². The minimum atomic E-state index is -3.78. The van der Waals surface area contributed by atoms with Crippen LogP contribution in [-0.2, 0) is 33.9 Å². The zero-order valence-electron chi connectivity index (χ0n) is 13.3. The van der Waals surface area contributed by atoms with Crippen LogP contribution in [0.3, 0.4) is 0 Å². The normalized spacial score (nSPS) is 12.4. The van der Waals surface area contributed by atoms with E-state index in [2.05, 4.69) is 8.91 Å². The van der Waals surface area contributed by atoms with E-state index in [-0.39, 0.29) is 18.1 Å². The van der Waals surface area contributed by atoms with Crippen LogP contribution in [-0.4, -0.2) is 48.8 Å². The predicted molar refractivity (Wildman–Crippen MR) is 87.3 cm³/mol. The molecule has 0 bridgehead atoms. The predicted octanol–water partition coefficient (Wildman–Crippen LogP) is 0.349. The maximum atomic E-state index is 12.0. The molecule has 0 amide bonds. The Morgan fingerprint density at radius 1 is 1.08 bits per heavy atom. The fourth-order valence-electron chi connectivity index (χ4n) is 1.45. The van der Waals surface area contributed by atoms with Crippen LogP contribution in [0.5, 0.6) is 0 Å². The molecular formula is C14H19NO7S2. The molecule has 10 heteroatoms. The van der Waals surface area contributed by atoms with Crippen LogP contribution in [0.25, 0.3) is 0 Å². The lowest BCUT2D eigenvalue weighted by Gasteiger charge is -2.06. The van der Waals surface area contributed by atoms with Gasteiger partial charge >= 0.3 is 5.97 Å². The summed E-state index contributed by atoms with van der Waals surface area (Å²) in [6.07, 6.45) is 3.67. The van der Waals surface area contributed by atoms with E-state index in [1.54, 1.807) is 12.1 Å². The molecule has 1 aromatic rings. The monoisotopic (exact) mass is 377 g/mol. The third-order valence-corrected chi connectivity index (χ3v) is 4.60. The third kappa shape index (κ3) is 8.20. The van der Waals surface area contributed by atoms with E-state index in [0.29, 0.717) is 0 Å². The van der Waals surface area contributed by atoms with Gasteiger partial charge in [-0.1, -0.05) is 23.8 Å². The Balaban J connectivity index is 2.35. The minimum Gasteiger partial charge on any atom is -0.460 e. The highest BCUT2D eigenvalue weighted by molar-refractivity contribution is 7.89. The van der Waals surface area contributed by atoms with E-state index >= 15 is 0 Å². The average Bonchev–Trinajstić information content (AvgIpc) is 2.48. The molecule has 0 aromatic heterocycles. The highest BCUT2D eigenvalue weighted by atomic mass is 32.2. The summed E-state index contributed by atoms with van der Waals surface area (Å²) >= 11 is 0. The van der Waals surface area contributed by atoms with Gasteiger partial charge in [-0.3, -0.25) is 8.98 Å². The van der Waals surface area contributed by atoms with Gasteiger partial charge in [0.2, 0.25) is 10.0 Å². The molecule has 0 saturated carbocycles. The highest BCUT2D eigenvalue weighted by Crippen LogP contribution is 2.09. The number of sulfonamides is 1. The fourth-order valence-corrected chi connectivity index (χ4v) is 2.74. The highest BCUT2D eigenvalue weighted by Gasteiger charge is 2.15. The smallest absolute Gasteiger partial charge is 0.321 e. The lowest BCUT2D eigenvalue weighted by atomic mass is 10.2. The van der Waals surface area contributed by atoms with Gasteiger partial charge in [0, 0.05) is 0 Å². The van der Waals surface area contributed by atoms with Crippen molar-refractivity contribution in [1.29, 1.82) is 0 Å². The van der Waals surface area contributed by atoms with Crippen molar-refractivity contribution in [2.75, 3.05) is 26.0 Å². The van der Waals surface area contributed by atoms with Crippen molar-refractivity contribution in [3.63, 3.8) is 0 Å². The van der Waals surface area contributed by atoms with Gasteiger partial charge in [0.1, 0.15) is 13.2 Å². The fraction of sp³-hybridized carbons (Fsp3) is 0.357. The van der Waals surface area contributed by atoms with Crippen molar-refractivity contribution < 1.29 is 30.6 Å². The standard InChI is InChI=1S/C14H19NO7S2/c1-12-5-7-13(8-6-12)24(19,20)15-11-14(16)21-9-3-4-10-22-23(2,17)18/h3-8,15H,9-11H2,1-2H3/b4-3+. The van der Waals surface area contributed by atoms with Crippen LogP contribution < -0.4 is 4.72 Å². The Bertz CT molecular complexity index is 781. The third-order valence-electron chi connectivity index (χ3n) is 2.62. The summed E-state index contributed by atoms with van der Waals surface area (Å²) in [5.41, 5.74) is 0.917. The number of esters is 1. The number of carbonyl (C=O) groups excluding carboxylic acids is 1. The van der Waals surface area contributed by atoms with Crippen LogP contribution in [0, 0.1) is 6.92 Å². The molecule has 1 rings (SSSR count). The SMILES string of the molecule is Cc1ccc(S(=O)(=O)NCC(=O)OC/C=C/COS(C)(=O)=O)cc1. The first-order valence-corrected chi connectivity index (χ1v) is 10.1. The zero-order chi connectivity index (χ0) is 18.2. The molecular weight excluding hydrogens is 358 g/mol. The molecule has 134 valence electrons. The van der Waals surface area contributed by atoms with E-state index in [1.165, 1.54) is 24.3 Å². The molecule has 0 unspecified atom stereocenters. The second-order valence-corrected chi connectivity index (χ2v) is 8.19. The number of hydrogen-bond acceptors (Lipinski definition) is 7. The maximum absolute atomic E-state index is 12.0. The summed E-state index contributed by atoms with van der Waals surface area (Å²) in [7, 11) is -7.30. The molecule has 0 heterocycles. The number of carbonyl (C=O) groups is 1. The lowest BCUT2D eigenvalue weighted by molar-refractivity contribution is -0.140. The van der Waals surface area contributed by atoms with Gasteiger partial charge in [0.15, 0.2) is 0 Å². The topological polar surface area (TPSA) is 116 Å². The van der Waals surface area contributed by atoms with E-state index in [9.17, 15) is 21.6 Å². The molecule has 0 aliphatic heterocycles. The molecule has 0 aliphatic carbocycles. The van der Waals surface area contributed by atoms with Gasteiger partial charge in [0.05, 0.1) is 17.8 Å². The number of benzene rings is 1. The molecule has 24 heavy (non-hydrogen) atoms. The van der Waals surface area contributed by atoms with Crippen molar-refractivity contribution in [2.24, 2.45) is 0 Å². The Kier molecular flexibility index (Phi) is 7.55. The molecule has 0 saturated heterocycles. The molecule has 0 fully saturated rings. The second kappa shape index (κ2) is 8.92. The molecule has 8 nitrogen and oxygen atoms in total. The van der Waals surface area contributed by atoms with Gasteiger partial charge in [-0.2, -0.15) is 13.1 Å². The number of ether oxygens (including phenoxy) is 1. The number of hydrogen-bond donors (Lipinski definition) is 1. The molecule has 0 radical (unpaired) electrons. The summed E-state index contributed by atoms with van der Waals surface area (Å²) in [6, 6.07) is 6.17. The van der Waals surface area contributed by atoms with Crippen LogP contribution in [0.1, 0.15) is 5.56 Å². The van der Waals surface area contributed by atoms with Crippen molar-refractivity contribution in [1.82, 2.24) is 4.72 Å². The summed E-state index contributed by atoms with van der Waals surface area (Å²) < 4.78 is 56.6. The molecule has 1 N–H and O–H groups in total. The summed E-state index contributed by atoms with van der Waals surface area (Å²) in [5.74, 6) is -0.764. The molecule has 0 spiro atoms. The quantitative estimate of drug-likeness (QED) is 0.375. The molecule has 0 aliphatic rings. The molecule has 0 atom stereocenters. The van der Waals surface area contributed by atoms with E-state index in [1.807, 2.05) is 6.92 Å². The summed E-state index contributed by atoms with van der Waals surface area (Å²) in [6.45, 7) is 1.02. The van der Waals surface area contributed by atoms with Gasteiger partial charge in [0.25, 0.3) is 10.1 Å². The Hall–Kier alpha value is -1.75. The number of nitrogens with one attached hydrogen (secondary N) is 1. The lowest BCUT2D eigenvalue weighted by Crippen LogP contribution is -2.30. The van der Waals surface area contributed by atoms with Crippen molar-refractivity contribution in [3.05, 3.63) is 42.0 Å². The minimum absolute atomic E-state index is 0.0544. The second-order valence-electron chi connectivity index (χ2n) is 4.78. The first-order chi connectivity index (χ1) is 11.1. The van der Waals surface area contributed by atoms with Gasteiger partial charge in [-0.25, -0.2) is 8.42 Å². The van der Waals surface area contributed by atoms with Gasteiger partial charge < -0.3 is 4.74 Å². The summed E-state index contributed by atoms with van der Waals surface area (Å²) in [4.78, 5) is 11.5. The Morgan fingerprint density at radius 3 is 2.25 bits per heavy atom.